The third-order valence-electron chi connectivity index (χ3n) is 3.62. The average Bonchev–Trinajstić information content (AvgIpc) is 2.68. The van der Waals surface area contributed by atoms with Gasteiger partial charge in [-0.05, 0) is 44.9 Å². The first-order valence-corrected chi connectivity index (χ1v) is 9.99. The predicted octanol–water partition coefficient (Wildman–Crippen LogP) is 4.77. The molecular formula is C23H37NO3. The molecule has 0 bridgehead atoms. The third-order valence-corrected chi connectivity index (χ3v) is 3.62. The molecule has 0 rings (SSSR count). The fourth-order valence-corrected chi connectivity index (χ4v) is 2.06. The van der Waals surface area contributed by atoms with E-state index in [-0.39, 0.29) is 19.1 Å². The fraction of sp³-hybridized carbons (Fsp3) is 0.522. The number of allylic oxidation sites excluding steroid dienone is 10. The van der Waals surface area contributed by atoms with Crippen LogP contribution >= 0.6 is 0 Å². The summed E-state index contributed by atoms with van der Waals surface area (Å²) < 4.78 is 4.91. The van der Waals surface area contributed by atoms with Crippen LogP contribution in [0.5, 0.6) is 0 Å². The van der Waals surface area contributed by atoms with Crippen LogP contribution in [0, 0.1) is 0 Å². The molecule has 3 N–H and O–H groups in total. The van der Waals surface area contributed by atoms with E-state index >= 15 is 0 Å². The van der Waals surface area contributed by atoms with E-state index in [1.54, 1.807) is 0 Å². The number of rotatable bonds is 16. The smallest absolute Gasteiger partial charge is 0.305 e. The van der Waals surface area contributed by atoms with Crippen LogP contribution < -0.4 is 5.73 Å². The number of hydrogen-bond donors (Lipinski definition) is 2. The van der Waals surface area contributed by atoms with Crippen molar-refractivity contribution in [3.63, 3.8) is 0 Å². The Morgan fingerprint density at radius 2 is 1.37 bits per heavy atom. The molecule has 0 amide bonds. The molecule has 4 heteroatoms. The largest absolute Gasteiger partial charge is 0.463 e. The number of aliphatic hydroxyl groups excluding tert-OH is 1. The maximum Gasteiger partial charge on any atom is 0.305 e. The molecule has 0 aliphatic carbocycles. The Morgan fingerprint density at radius 3 is 1.85 bits per heavy atom. The van der Waals surface area contributed by atoms with Gasteiger partial charge in [-0.15, -0.1) is 0 Å². The lowest BCUT2D eigenvalue weighted by Crippen LogP contribution is -2.26. The number of unbranched alkanes of at least 4 members (excludes halogenated alkanes) is 1. The van der Waals surface area contributed by atoms with Gasteiger partial charge in [-0.25, -0.2) is 0 Å². The van der Waals surface area contributed by atoms with Gasteiger partial charge in [0.25, 0.3) is 0 Å². The van der Waals surface area contributed by atoms with Gasteiger partial charge in [0.1, 0.15) is 12.7 Å². The van der Waals surface area contributed by atoms with Crippen LogP contribution in [0.1, 0.15) is 58.3 Å². The molecule has 0 saturated carbocycles. The van der Waals surface area contributed by atoms with Crippen molar-refractivity contribution in [2.75, 3.05) is 13.2 Å². The molecule has 0 aromatic rings. The quantitative estimate of drug-likeness (QED) is 0.231. The highest BCUT2D eigenvalue weighted by molar-refractivity contribution is 5.69. The Balaban J connectivity index is 3.53. The highest BCUT2D eigenvalue weighted by Crippen LogP contribution is 2.01. The molecule has 0 fully saturated rings. The summed E-state index contributed by atoms with van der Waals surface area (Å²) in [6.07, 6.45) is 27.8. The molecule has 0 aromatic carbocycles. The van der Waals surface area contributed by atoms with Crippen molar-refractivity contribution in [2.45, 2.75) is 64.4 Å². The van der Waals surface area contributed by atoms with Gasteiger partial charge in [-0.1, -0.05) is 67.7 Å². The Morgan fingerprint density at radius 1 is 0.889 bits per heavy atom. The van der Waals surface area contributed by atoms with Crippen molar-refractivity contribution in [1.82, 2.24) is 0 Å². The van der Waals surface area contributed by atoms with E-state index < -0.39 is 6.10 Å². The van der Waals surface area contributed by atoms with Crippen LogP contribution in [0.15, 0.2) is 60.8 Å². The average molecular weight is 376 g/mol. The number of esters is 1. The standard InChI is InChI=1S/C23H37NO3/c1-2-3-4-5-6-7-8-9-10-11-12-13-14-15-16-17-18-19-23(26)27-21-22(25)20-24/h3-4,6-7,9-10,12-13,15-16,22,25H,2,5,8,11,14,17-21,24H2,1H3. The van der Waals surface area contributed by atoms with E-state index in [0.717, 1.165) is 44.9 Å². The van der Waals surface area contributed by atoms with E-state index in [0.29, 0.717) is 6.42 Å². The molecule has 0 aliphatic heterocycles. The highest BCUT2D eigenvalue weighted by Gasteiger charge is 2.06. The van der Waals surface area contributed by atoms with Crippen molar-refractivity contribution in [3.05, 3.63) is 60.8 Å². The van der Waals surface area contributed by atoms with E-state index in [9.17, 15) is 9.90 Å². The van der Waals surface area contributed by atoms with Gasteiger partial charge in [0.2, 0.25) is 0 Å². The zero-order chi connectivity index (χ0) is 20.0. The topological polar surface area (TPSA) is 72.5 Å². The van der Waals surface area contributed by atoms with Gasteiger partial charge in [-0.2, -0.15) is 0 Å². The van der Waals surface area contributed by atoms with E-state index in [2.05, 4.69) is 67.7 Å². The van der Waals surface area contributed by atoms with Crippen LogP contribution in [-0.4, -0.2) is 30.3 Å². The van der Waals surface area contributed by atoms with Gasteiger partial charge in [0.05, 0.1) is 0 Å². The lowest BCUT2D eigenvalue weighted by atomic mass is 10.2. The third kappa shape index (κ3) is 20.3. The molecule has 0 heterocycles. The molecule has 1 unspecified atom stereocenters. The SMILES string of the molecule is CCC=CCC=CCC=CCC=CCC=CCCCC(=O)OCC(O)CN. The van der Waals surface area contributed by atoms with Gasteiger partial charge in [-0.3, -0.25) is 4.79 Å². The second-order valence-electron chi connectivity index (χ2n) is 6.17. The second-order valence-corrected chi connectivity index (χ2v) is 6.17. The number of carbonyl (C=O) groups is 1. The monoisotopic (exact) mass is 375 g/mol. The minimum atomic E-state index is -0.764. The van der Waals surface area contributed by atoms with Gasteiger partial charge in [0.15, 0.2) is 0 Å². The van der Waals surface area contributed by atoms with Crippen LogP contribution in [0.3, 0.4) is 0 Å². The summed E-state index contributed by atoms with van der Waals surface area (Å²) in [6, 6.07) is 0. The van der Waals surface area contributed by atoms with Gasteiger partial charge >= 0.3 is 5.97 Å². The lowest BCUT2D eigenvalue weighted by molar-refractivity contribution is -0.146. The normalized spacial score (nSPS) is 13.7. The molecule has 0 aromatic heterocycles. The summed E-state index contributed by atoms with van der Waals surface area (Å²) in [4.78, 5) is 11.4. The van der Waals surface area contributed by atoms with Crippen LogP contribution in [-0.2, 0) is 9.53 Å². The summed E-state index contributed by atoms with van der Waals surface area (Å²) in [5.74, 6) is -0.283. The Bertz CT molecular complexity index is 490. The number of nitrogens with two attached hydrogens (primary N) is 1. The van der Waals surface area contributed by atoms with Crippen molar-refractivity contribution < 1.29 is 14.6 Å². The predicted molar refractivity (Wildman–Crippen MR) is 114 cm³/mol. The van der Waals surface area contributed by atoms with E-state index in [1.165, 1.54) is 0 Å². The highest BCUT2D eigenvalue weighted by atomic mass is 16.5. The molecule has 27 heavy (non-hydrogen) atoms. The first-order valence-electron chi connectivity index (χ1n) is 9.99. The lowest BCUT2D eigenvalue weighted by Gasteiger charge is -2.08. The summed E-state index contributed by atoms with van der Waals surface area (Å²) in [5, 5.41) is 9.20. The van der Waals surface area contributed by atoms with Crippen molar-refractivity contribution in [2.24, 2.45) is 5.73 Å². The summed E-state index contributed by atoms with van der Waals surface area (Å²) >= 11 is 0. The first-order chi connectivity index (χ1) is 13.2. The number of hydrogen-bond acceptors (Lipinski definition) is 4. The maximum absolute atomic E-state index is 11.4. The van der Waals surface area contributed by atoms with E-state index in [4.69, 9.17) is 10.5 Å². The Kier molecular flexibility index (Phi) is 19.0. The van der Waals surface area contributed by atoms with Gasteiger partial charge in [0, 0.05) is 13.0 Å². The molecule has 0 aliphatic rings. The molecule has 152 valence electrons. The minimum Gasteiger partial charge on any atom is -0.463 e. The minimum absolute atomic E-state index is 0.0169. The van der Waals surface area contributed by atoms with Crippen molar-refractivity contribution in [3.8, 4) is 0 Å². The van der Waals surface area contributed by atoms with Crippen LogP contribution in [0.4, 0.5) is 0 Å². The molecular weight excluding hydrogens is 338 g/mol. The van der Waals surface area contributed by atoms with Gasteiger partial charge < -0.3 is 15.6 Å². The molecule has 0 saturated heterocycles. The summed E-state index contributed by atoms with van der Waals surface area (Å²) in [7, 11) is 0. The summed E-state index contributed by atoms with van der Waals surface area (Å²) in [6.45, 7) is 2.23. The van der Waals surface area contributed by atoms with Crippen LogP contribution in [0.25, 0.3) is 0 Å². The zero-order valence-electron chi connectivity index (χ0n) is 16.8. The summed E-state index contributed by atoms with van der Waals surface area (Å²) in [5.41, 5.74) is 5.24. The van der Waals surface area contributed by atoms with Crippen LogP contribution in [0.2, 0.25) is 0 Å². The van der Waals surface area contributed by atoms with Crippen molar-refractivity contribution in [1.29, 1.82) is 0 Å². The Labute approximate surface area is 165 Å². The zero-order valence-corrected chi connectivity index (χ0v) is 16.8. The number of aliphatic hydroxyl groups is 1. The van der Waals surface area contributed by atoms with Crippen molar-refractivity contribution >= 4 is 5.97 Å². The van der Waals surface area contributed by atoms with E-state index in [1.807, 2.05) is 0 Å². The fourth-order valence-electron chi connectivity index (χ4n) is 2.06. The first kappa shape index (κ1) is 25.1. The second kappa shape index (κ2) is 20.4. The maximum atomic E-state index is 11.4. The molecule has 4 nitrogen and oxygen atoms in total. The molecule has 0 spiro atoms. The Hall–Kier alpha value is -1.91. The molecule has 0 radical (unpaired) electrons. The number of carbonyl (C=O) groups excluding carboxylic acids is 1. The number of ether oxygens (including phenoxy) is 1. The molecule has 1 atom stereocenters.